The molecule has 19 N–H and O–H groups in total. The van der Waals surface area contributed by atoms with Crippen LogP contribution >= 0.6 is 0 Å². The highest BCUT2D eigenvalue weighted by Gasteiger charge is 2.71. The van der Waals surface area contributed by atoms with Crippen LogP contribution in [0.4, 0.5) is 0 Å². The number of ether oxygens (including phenoxy) is 10. The third-order valence-corrected chi connectivity index (χ3v) is 22.9. The average molecular weight is 1290 g/mol. The molecule has 29 heteroatoms. The van der Waals surface area contributed by atoms with Crippen LogP contribution in [0.3, 0.4) is 0 Å². The molecule has 0 aromatic carbocycles. The van der Waals surface area contributed by atoms with E-state index in [9.17, 15) is 97.0 Å². The van der Waals surface area contributed by atoms with Crippen LogP contribution in [-0.2, 0) is 47.4 Å². The molecule has 5 heterocycles. The molecule has 9 aliphatic rings. The summed E-state index contributed by atoms with van der Waals surface area (Å²) in [7, 11) is 0. The third kappa shape index (κ3) is 13.0. The van der Waals surface area contributed by atoms with Gasteiger partial charge >= 0.3 is 0 Å². The topological polar surface area (TPSA) is 477 Å². The summed E-state index contributed by atoms with van der Waals surface area (Å²) in [6.45, 7) is 12.3. The van der Waals surface area contributed by atoms with Gasteiger partial charge in [0.05, 0.1) is 56.9 Å². The molecule has 0 aromatic rings. The molecule has 0 bridgehead atoms. The minimum Gasteiger partial charge on any atom is -0.394 e. The highest BCUT2D eigenvalue weighted by Crippen LogP contribution is 2.75. The van der Waals surface area contributed by atoms with Gasteiger partial charge in [-0.3, -0.25) is 0 Å². The van der Waals surface area contributed by atoms with E-state index in [0.29, 0.717) is 32.1 Å². The Morgan fingerprint density at radius 3 is 1.52 bits per heavy atom. The number of aliphatic hydroxyl groups excluding tert-OH is 18. The van der Waals surface area contributed by atoms with Crippen molar-refractivity contribution in [2.24, 2.45) is 45.3 Å². The van der Waals surface area contributed by atoms with Crippen molar-refractivity contribution < 1.29 is 144 Å². The van der Waals surface area contributed by atoms with E-state index in [4.69, 9.17) is 47.4 Å². The molecular weight excluding hydrogens is 1180 g/mol. The lowest BCUT2D eigenvalue weighted by Crippen LogP contribution is -2.66. The van der Waals surface area contributed by atoms with E-state index in [1.54, 1.807) is 0 Å². The maximum atomic E-state index is 12.8. The molecule has 29 nitrogen and oxygen atoms in total. The van der Waals surface area contributed by atoms with E-state index in [2.05, 4.69) is 33.8 Å². The lowest BCUT2D eigenvalue weighted by Gasteiger charge is -2.67. The molecule has 3 saturated carbocycles. The first-order chi connectivity index (χ1) is 41.7. The zero-order chi connectivity index (χ0) is 65.5. The van der Waals surface area contributed by atoms with Gasteiger partial charge in [-0.05, 0) is 99.7 Å². The van der Waals surface area contributed by atoms with Gasteiger partial charge in [0, 0.05) is 10.8 Å². The highest BCUT2D eigenvalue weighted by molar-refractivity contribution is 5.32. The molecule has 4 aliphatic carbocycles. The van der Waals surface area contributed by atoms with Gasteiger partial charge in [0.1, 0.15) is 122 Å². The van der Waals surface area contributed by atoms with E-state index in [0.717, 1.165) is 18.4 Å². The zero-order valence-electron chi connectivity index (χ0n) is 51.8. The van der Waals surface area contributed by atoms with Gasteiger partial charge in [0.2, 0.25) is 0 Å². The van der Waals surface area contributed by atoms with Gasteiger partial charge in [-0.2, -0.15) is 0 Å². The molecule has 5 saturated heterocycles. The molecule has 8 fully saturated rings. The number of allylic oxidation sites excluding steroid dienone is 1. The zero-order valence-corrected chi connectivity index (χ0v) is 51.8. The number of rotatable bonds is 20. The summed E-state index contributed by atoms with van der Waals surface area (Å²) in [5.41, 5.74) is -2.49. The highest BCUT2D eigenvalue weighted by atomic mass is 16.8. The molecule has 5 aliphatic heterocycles. The van der Waals surface area contributed by atoms with Crippen LogP contribution in [-0.4, -0.2) is 308 Å². The fraction of sp³-hybridized carbons (Fsp3) is 0.967. The van der Waals surface area contributed by atoms with E-state index in [-0.39, 0.29) is 35.5 Å². The second-order valence-corrected chi connectivity index (χ2v) is 28.7. The van der Waals surface area contributed by atoms with Crippen LogP contribution in [0.15, 0.2) is 11.6 Å². The Balaban J connectivity index is 0.884. The second-order valence-electron chi connectivity index (χ2n) is 28.7. The van der Waals surface area contributed by atoms with Crippen molar-refractivity contribution in [3.05, 3.63) is 11.6 Å². The van der Waals surface area contributed by atoms with Crippen LogP contribution in [0.5, 0.6) is 0 Å². The molecule has 35 atom stereocenters. The van der Waals surface area contributed by atoms with Crippen molar-refractivity contribution in [3.63, 3.8) is 0 Å². The monoisotopic (exact) mass is 1290 g/mol. The number of fused-ring (bicyclic) bond motifs is 5. The van der Waals surface area contributed by atoms with E-state index >= 15 is 0 Å². The first-order valence-electron chi connectivity index (χ1n) is 31.6. The Bertz CT molecular complexity index is 2340. The van der Waals surface area contributed by atoms with Crippen molar-refractivity contribution in [2.75, 3.05) is 33.0 Å². The van der Waals surface area contributed by atoms with Crippen LogP contribution in [0.1, 0.15) is 107 Å². The normalized spacial score (nSPS) is 51.8. The maximum Gasteiger partial charge on any atom is 0.187 e. The number of aliphatic hydroxyl groups is 19. The first-order valence-corrected chi connectivity index (χ1v) is 31.6. The third-order valence-electron chi connectivity index (χ3n) is 22.9. The van der Waals surface area contributed by atoms with Crippen LogP contribution in [0.2, 0.25) is 0 Å². The standard InChI is InChI=1S/C60H102O29/c1-23(9-13-35(57(4,5)79)87-55-50(89-54-47(77)42(72)38(68)29(20-63)83-54)43(73)39(69)31(85-55)22-80-51-45(75)40(70)36(66)27(18-61)81-51)24-15-16-58(6)32-12-10-25-26(60(32,8)33(65)17-59(24,58)7)11-14-34(56(25,2)3)86-52-48(78)44(74)49(30(21-64)84-52)88-53-46(76)41(71)37(67)28(19-62)82-53/h10,23-24,26-55,61-79H,9,11-22H2,1-8H3/t23-,24?,26?,27-,28-,29-,30-,31-,32?,33-,34+,35-,36-,37-,38-,39-,40+,41+,42+,43+,44-,45-,46-,47-,48-,49-,50-,51-,52+,53+,54+,55+,58+,59-,60+/m1/s1. The minimum atomic E-state index is -1.96. The van der Waals surface area contributed by atoms with Crippen LogP contribution in [0, 0.1) is 45.3 Å². The Morgan fingerprint density at radius 1 is 0.517 bits per heavy atom. The molecule has 3 unspecified atom stereocenters. The van der Waals surface area contributed by atoms with Crippen molar-refractivity contribution in [2.45, 2.75) is 284 Å². The molecule has 89 heavy (non-hydrogen) atoms. The van der Waals surface area contributed by atoms with Gasteiger partial charge in [-0.15, -0.1) is 0 Å². The number of hydrogen-bond donors (Lipinski definition) is 19. The summed E-state index contributed by atoms with van der Waals surface area (Å²) < 4.78 is 59.5. The summed E-state index contributed by atoms with van der Waals surface area (Å²) in [5, 5.41) is 205. The average Bonchev–Trinajstić information content (AvgIpc) is 1.66. The molecule has 0 aromatic heterocycles. The first kappa shape index (κ1) is 71.9. The molecule has 9 rings (SSSR count). The van der Waals surface area contributed by atoms with Gasteiger partial charge in [0.15, 0.2) is 31.5 Å². The largest absolute Gasteiger partial charge is 0.394 e. The summed E-state index contributed by atoms with van der Waals surface area (Å²) in [6.07, 6.45) is -37.7. The fourth-order valence-electron chi connectivity index (χ4n) is 17.1. The Labute approximate surface area is 517 Å². The Morgan fingerprint density at radius 2 is 0.978 bits per heavy atom. The van der Waals surface area contributed by atoms with Gasteiger partial charge in [-0.25, -0.2) is 0 Å². The quantitative estimate of drug-likeness (QED) is 0.0506. The van der Waals surface area contributed by atoms with Crippen molar-refractivity contribution in [1.82, 2.24) is 0 Å². The van der Waals surface area contributed by atoms with Crippen LogP contribution < -0.4 is 0 Å². The second kappa shape index (κ2) is 27.6. The SMILES string of the molecule is C[C@H](CC[C@@H](O[C@@H]1O[C@H](CO[C@@H]2O[C@H](CO)[C@@H](O)[C@H](O)[C@H]2O)[C@@H](O)[C@H](O)[C@H]1O[C@@H]1O[C@H](CO)[C@@H](O)[C@H](O)[C@H]1O)C(C)(C)O)C1CC[C@@]2(C)C3CC=C4C(CC[C@H](O[C@@H]5O[C@H](CO)[C@@H](O[C@@H]6O[C@H](CO)[C@@H](O)[C@H](O)[C@H]6O)[C@H](O)[C@H]5O)C4(C)C)[C@]3(C)[C@H](O)C[C@]12C. The fourth-order valence-corrected chi connectivity index (χ4v) is 17.1. The van der Waals surface area contributed by atoms with E-state index < -0.39 is 227 Å². The summed E-state index contributed by atoms with van der Waals surface area (Å²) in [5.74, 6) is -0.0172. The lowest BCUT2D eigenvalue weighted by molar-refractivity contribution is -0.380. The summed E-state index contributed by atoms with van der Waals surface area (Å²) >= 11 is 0. The predicted molar refractivity (Wildman–Crippen MR) is 300 cm³/mol. The molecule has 0 amide bonds. The van der Waals surface area contributed by atoms with Crippen molar-refractivity contribution in [3.8, 4) is 0 Å². The Kier molecular flexibility index (Phi) is 22.3. The predicted octanol–water partition coefficient (Wildman–Crippen LogP) is -5.41. The molecular formula is C60H102O29. The minimum absolute atomic E-state index is 0.0310. The van der Waals surface area contributed by atoms with Crippen molar-refractivity contribution in [1.29, 1.82) is 0 Å². The molecule has 516 valence electrons. The maximum absolute atomic E-state index is 12.8. The lowest BCUT2D eigenvalue weighted by atomic mass is 9.38. The van der Waals surface area contributed by atoms with Gasteiger partial charge in [-0.1, -0.05) is 53.2 Å². The van der Waals surface area contributed by atoms with Crippen LogP contribution in [0.25, 0.3) is 0 Å². The summed E-state index contributed by atoms with van der Waals surface area (Å²) in [6, 6.07) is 0. The van der Waals surface area contributed by atoms with Gasteiger partial charge in [0.25, 0.3) is 0 Å². The summed E-state index contributed by atoms with van der Waals surface area (Å²) in [4.78, 5) is 0. The van der Waals surface area contributed by atoms with Gasteiger partial charge < -0.3 is 144 Å². The van der Waals surface area contributed by atoms with E-state index in [1.165, 1.54) is 13.8 Å². The Hall–Kier alpha value is -1.42. The smallest absolute Gasteiger partial charge is 0.187 e. The molecule has 0 spiro atoms. The van der Waals surface area contributed by atoms with Crippen molar-refractivity contribution >= 4 is 0 Å². The number of hydrogen-bond acceptors (Lipinski definition) is 29. The van der Waals surface area contributed by atoms with E-state index in [1.807, 2.05) is 13.8 Å². The molecule has 0 radical (unpaired) electrons.